The Kier molecular flexibility index (Phi) is 4.66. The van der Waals surface area contributed by atoms with Gasteiger partial charge in [0.15, 0.2) is 0 Å². The Morgan fingerprint density at radius 2 is 2.30 bits per heavy atom. The summed E-state index contributed by atoms with van der Waals surface area (Å²) < 4.78 is 12.5. The zero-order valence-corrected chi connectivity index (χ0v) is 13.4. The van der Waals surface area contributed by atoms with Crippen molar-refractivity contribution in [3.8, 4) is 0 Å². The topological polar surface area (TPSA) is 82.5 Å². The number of rotatable bonds is 6. The van der Waals surface area contributed by atoms with Gasteiger partial charge >= 0.3 is 5.97 Å². The summed E-state index contributed by atoms with van der Waals surface area (Å²) in [4.78, 5) is 28.4. The smallest absolute Gasteiger partial charge is 0.307 e. The number of amides is 1. The SMILES string of the molecule is COCCn1cncc1CNC(=O)[C@H]1CC(=O)OC12CCCC2. The molecular weight excluding hydrogens is 298 g/mol. The minimum Gasteiger partial charge on any atom is -0.458 e. The molecule has 2 heterocycles. The van der Waals surface area contributed by atoms with Crippen LogP contribution in [0.4, 0.5) is 0 Å². The fraction of sp³-hybridized carbons (Fsp3) is 0.688. The highest BCUT2D eigenvalue weighted by atomic mass is 16.6. The van der Waals surface area contributed by atoms with Crippen LogP contribution in [0.5, 0.6) is 0 Å². The van der Waals surface area contributed by atoms with Crippen LogP contribution in [0.2, 0.25) is 0 Å². The molecule has 1 spiro atoms. The Bertz CT molecular complexity index is 578. The minimum atomic E-state index is -0.558. The first kappa shape index (κ1) is 16.0. The molecule has 2 fully saturated rings. The summed E-state index contributed by atoms with van der Waals surface area (Å²) >= 11 is 0. The van der Waals surface area contributed by atoms with Gasteiger partial charge in [-0.1, -0.05) is 0 Å². The molecule has 7 nitrogen and oxygen atoms in total. The first-order valence-corrected chi connectivity index (χ1v) is 8.12. The number of esters is 1. The first-order valence-electron chi connectivity index (χ1n) is 8.12. The standard InChI is InChI=1S/C16H23N3O4/c1-22-7-6-19-11-17-9-12(19)10-18-15(21)13-8-14(20)23-16(13)4-2-3-5-16/h9,11,13H,2-8,10H2,1H3,(H,18,21)/t13-/m1/s1. The van der Waals surface area contributed by atoms with Gasteiger partial charge in [-0.15, -0.1) is 0 Å². The quantitative estimate of drug-likeness (QED) is 0.791. The number of carbonyl (C=O) groups excluding carboxylic acids is 2. The van der Waals surface area contributed by atoms with E-state index in [4.69, 9.17) is 9.47 Å². The predicted octanol–water partition coefficient (Wildman–Crippen LogP) is 1.02. The largest absolute Gasteiger partial charge is 0.458 e. The van der Waals surface area contributed by atoms with Gasteiger partial charge in [0.1, 0.15) is 5.60 Å². The second-order valence-corrected chi connectivity index (χ2v) is 6.29. The van der Waals surface area contributed by atoms with Gasteiger partial charge < -0.3 is 19.4 Å². The van der Waals surface area contributed by atoms with Gasteiger partial charge in [-0.25, -0.2) is 4.98 Å². The Morgan fingerprint density at radius 1 is 1.52 bits per heavy atom. The molecule has 7 heteroatoms. The predicted molar refractivity (Wildman–Crippen MR) is 81.3 cm³/mol. The molecule has 3 rings (SSSR count). The van der Waals surface area contributed by atoms with Crippen molar-refractivity contribution in [2.45, 2.75) is 50.8 Å². The van der Waals surface area contributed by atoms with Crippen molar-refractivity contribution in [1.29, 1.82) is 0 Å². The molecule has 23 heavy (non-hydrogen) atoms. The third-order valence-corrected chi connectivity index (χ3v) is 4.87. The Labute approximate surface area is 135 Å². The Morgan fingerprint density at radius 3 is 3.04 bits per heavy atom. The van der Waals surface area contributed by atoms with Crippen molar-refractivity contribution in [2.24, 2.45) is 5.92 Å². The average molecular weight is 321 g/mol. The third-order valence-electron chi connectivity index (χ3n) is 4.87. The normalized spacial score (nSPS) is 22.5. The molecule has 1 saturated carbocycles. The first-order chi connectivity index (χ1) is 11.1. The van der Waals surface area contributed by atoms with E-state index in [-0.39, 0.29) is 24.2 Å². The van der Waals surface area contributed by atoms with Gasteiger partial charge in [-0.3, -0.25) is 9.59 Å². The number of nitrogens with zero attached hydrogens (tertiary/aromatic N) is 2. The van der Waals surface area contributed by atoms with Crippen LogP contribution < -0.4 is 5.32 Å². The molecule has 0 unspecified atom stereocenters. The summed E-state index contributed by atoms with van der Waals surface area (Å²) in [6.07, 6.45) is 7.26. The van der Waals surface area contributed by atoms with Crippen molar-refractivity contribution < 1.29 is 19.1 Å². The lowest BCUT2D eigenvalue weighted by Gasteiger charge is -2.27. The summed E-state index contributed by atoms with van der Waals surface area (Å²) in [5.74, 6) is -0.720. The number of methoxy groups -OCH3 is 1. The summed E-state index contributed by atoms with van der Waals surface area (Å²) in [6.45, 7) is 1.67. The zero-order valence-electron chi connectivity index (χ0n) is 13.4. The zero-order chi connectivity index (χ0) is 16.3. The number of carbonyl (C=O) groups is 2. The Hall–Kier alpha value is -1.89. The maximum Gasteiger partial charge on any atom is 0.307 e. The van der Waals surface area contributed by atoms with E-state index < -0.39 is 5.60 Å². The second kappa shape index (κ2) is 6.70. The number of imidazole rings is 1. The van der Waals surface area contributed by atoms with E-state index in [0.717, 1.165) is 31.4 Å². The van der Waals surface area contributed by atoms with E-state index in [9.17, 15) is 9.59 Å². The van der Waals surface area contributed by atoms with Gasteiger partial charge in [-0.05, 0) is 25.7 Å². The fourth-order valence-electron chi connectivity index (χ4n) is 3.63. The molecule has 126 valence electrons. The van der Waals surface area contributed by atoms with Crippen molar-refractivity contribution in [2.75, 3.05) is 13.7 Å². The van der Waals surface area contributed by atoms with E-state index >= 15 is 0 Å². The average Bonchev–Trinajstić information content (AvgIpc) is 3.24. The molecular formula is C16H23N3O4. The maximum atomic E-state index is 12.6. The lowest BCUT2D eigenvalue weighted by Crippen LogP contribution is -2.42. The molecule has 1 N–H and O–H groups in total. The van der Waals surface area contributed by atoms with Crippen LogP contribution >= 0.6 is 0 Å². The molecule has 1 aliphatic carbocycles. The van der Waals surface area contributed by atoms with E-state index in [1.54, 1.807) is 19.6 Å². The van der Waals surface area contributed by atoms with Crippen LogP contribution in [0.1, 0.15) is 37.8 Å². The van der Waals surface area contributed by atoms with Gasteiger partial charge in [0.2, 0.25) is 5.91 Å². The summed E-state index contributed by atoms with van der Waals surface area (Å²) in [6, 6.07) is 0. The summed E-state index contributed by atoms with van der Waals surface area (Å²) in [7, 11) is 1.65. The van der Waals surface area contributed by atoms with Crippen LogP contribution in [0.3, 0.4) is 0 Å². The fourth-order valence-corrected chi connectivity index (χ4v) is 3.63. The summed E-state index contributed by atoms with van der Waals surface area (Å²) in [5.41, 5.74) is 0.360. The molecule has 1 aromatic rings. The molecule has 1 atom stereocenters. The highest BCUT2D eigenvalue weighted by molar-refractivity contribution is 5.87. The number of aromatic nitrogens is 2. The van der Waals surface area contributed by atoms with E-state index in [2.05, 4.69) is 10.3 Å². The number of ether oxygens (including phenoxy) is 2. The number of hydrogen-bond donors (Lipinski definition) is 1. The van der Waals surface area contributed by atoms with Gasteiger partial charge in [0.25, 0.3) is 0 Å². The number of hydrogen-bond acceptors (Lipinski definition) is 5. The molecule has 1 aliphatic heterocycles. The molecule has 0 aromatic carbocycles. The van der Waals surface area contributed by atoms with E-state index in [0.29, 0.717) is 19.7 Å². The van der Waals surface area contributed by atoms with Gasteiger partial charge in [-0.2, -0.15) is 0 Å². The van der Waals surface area contributed by atoms with Crippen LogP contribution in [0.25, 0.3) is 0 Å². The molecule has 0 bridgehead atoms. The molecule has 1 aromatic heterocycles. The highest BCUT2D eigenvalue weighted by Crippen LogP contribution is 2.45. The molecule has 1 saturated heterocycles. The van der Waals surface area contributed by atoms with Crippen LogP contribution in [0, 0.1) is 5.92 Å². The van der Waals surface area contributed by atoms with Crippen LogP contribution in [-0.4, -0.2) is 40.7 Å². The molecule has 2 aliphatic rings. The van der Waals surface area contributed by atoms with Gasteiger partial charge in [0.05, 0.1) is 37.5 Å². The van der Waals surface area contributed by atoms with Crippen molar-refractivity contribution >= 4 is 11.9 Å². The van der Waals surface area contributed by atoms with Crippen molar-refractivity contribution in [3.05, 3.63) is 18.2 Å². The Balaban J connectivity index is 1.61. The second-order valence-electron chi connectivity index (χ2n) is 6.29. The van der Waals surface area contributed by atoms with Crippen LogP contribution in [-0.2, 0) is 32.2 Å². The maximum absolute atomic E-state index is 12.6. The monoisotopic (exact) mass is 321 g/mol. The summed E-state index contributed by atoms with van der Waals surface area (Å²) in [5, 5.41) is 2.94. The minimum absolute atomic E-state index is 0.0998. The van der Waals surface area contributed by atoms with Crippen molar-refractivity contribution in [3.63, 3.8) is 0 Å². The molecule has 0 radical (unpaired) electrons. The van der Waals surface area contributed by atoms with E-state index in [1.807, 2.05) is 4.57 Å². The third kappa shape index (κ3) is 3.24. The lowest BCUT2D eigenvalue weighted by atomic mass is 9.85. The highest BCUT2D eigenvalue weighted by Gasteiger charge is 2.53. The number of nitrogens with one attached hydrogen (secondary N) is 1. The lowest BCUT2D eigenvalue weighted by molar-refractivity contribution is -0.150. The van der Waals surface area contributed by atoms with Crippen molar-refractivity contribution in [1.82, 2.24) is 14.9 Å². The van der Waals surface area contributed by atoms with Gasteiger partial charge in [0, 0.05) is 19.9 Å². The van der Waals surface area contributed by atoms with Crippen LogP contribution in [0.15, 0.2) is 12.5 Å². The molecule has 1 amide bonds. The van der Waals surface area contributed by atoms with E-state index in [1.165, 1.54) is 0 Å².